The van der Waals surface area contributed by atoms with Crippen molar-refractivity contribution in [2.75, 3.05) is 62.2 Å². The normalized spacial score (nSPS) is 19.0. The second-order valence-corrected chi connectivity index (χ2v) is 24.3. The predicted molar refractivity (Wildman–Crippen MR) is 230 cm³/mol. The third-order valence-electron chi connectivity index (χ3n) is 9.68. The molecular formula is C39H54N6O15S2Si. The van der Waals surface area contributed by atoms with E-state index >= 15 is 0 Å². The van der Waals surface area contributed by atoms with Gasteiger partial charge in [0.1, 0.15) is 18.2 Å². The number of sulfone groups is 2. The van der Waals surface area contributed by atoms with E-state index in [9.17, 15) is 31.2 Å². The van der Waals surface area contributed by atoms with Gasteiger partial charge in [0.25, 0.3) is 0 Å². The minimum absolute atomic E-state index is 0.0670. The quantitative estimate of drug-likeness (QED) is 0.132. The van der Waals surface area contributed by atoms with Crippen molar-refractivity contribution in [3.8, 4) is 0 Å². The summed E-state index contributed by atoms with van der Waals surface area (Å²) in [6, 6.07) is 18.8. The third kappa shape index (κ3) is 15.1. The molecule has 0 aliphatic carbocycles. The van der Waals surface area contributed by atoms with Gasteiger partial charge >= 0.3 is 17.5 Å². The van der Waals surface area contributed by atoms with Crippen LogP contribution in [0.15, 0.2) is 105 Å². The molecule has 63 heavy (non-hydrogen) atoms. The van der Waals surface area contributed by atoms with Gasteiger partial charge in [0.05, 0.1) is 54.3 Å². The Hall–Kier alpha value is -4.89. The van der Waals surface area contributed by atoms with Crippen LogP contribution < -0.4 is 22.4 Å². The number of nitrogens with one attached hydrogen (secondary N) is 1. The van der Waals surface area contributed by atoms with Gasteiger partial charge in [-0.2, -0.15) is 9.97 Å². The summed E-state index contributed by atoms with van der Waals surface area (Å²) in [5.41, 5.74) is 4.33. The molecule has 2 aliphatic heterocycles. The van der Waals surface area contributed by atoms with Crippen LogP contribution in [0.25, 0.3) is 0 Å². The molecule has 0 unspecified atom stereocenters. The molecule has 0 bridgehead atoms. The zero-order chi connectivity index (χ0) is 46.4. The standard InChI is InChI=1S/C17H19N3O8S.C14H25N3O4Si.C8H10O3S/c21-10-15-27-11-14(28-15)20-7-6-13(18-16(20)22)19-17(23)26-8-9-29(24,25)12-4-2-1-3-5-12;1-14(2,3)22(4,5)20-9-12-19-8-11(21-12)17-7-6-10(15)16-13(17)18;9-6-7-12(10,11)8-4-2-1-3-5-8/h1-7,14-15,21H,8-11H2,(H,18,19,22,23);6-7,11-12H,8-9H2,1-5H3,(H2,15,16,18);1-5,9H,6-7H2/t14-,15-;11-,12-;/m00./s1. The van der Waals surface area contributed by atoms with Gasteiger partial charge in [-0.25, -0.2) is 31.2 Å². The number of aromatic nitrogens is 4. The Morgan fingerprint density at radius 1 is 0.810 bits per heavy atom. The molecule has 0 radical (unpaired) electrons. The molecule has 24 heteroatoms. The molecule has 21 nitrogen and oxygen atoms in total. The summed E-state index contributed by atoms with van der Waals surface area (Å²) in [4.78, 5) is 43.5. The maximum atomic E-state index is 12.1. The van der Waals surface area contributed by atoms with Crippen LogP contribution in [0.3, 0.4) is 0 Å². The minimum atomic E-state index is -3.57. The number of hydrogen-bond donors (Lipinski definition) is 4. The lowest BCUT2D eigenvalue weighted by atomic mass is 10.2. The first-order chi connectivity index (χ1) is 29.7. The van der Waals surface area contributed by atoms with E-state index in [4.69, 9.17) is 44.1 Å². The molecule has 1 amide bonds. The number of carbonyl (C=O) groups is 1. The van der Waals surface area contributed by atoms with Gasteiger partial charge < -0.3 is 44.1 Å². The maximum absolute atomic E-state index is 12.1. The van der Waals surface area contributed by atoms with E-state index in [1.807, 2.05) is 0 Å². The van der Waals surface area contributed by atoms with Crippen molar-refractivity contribution in [2.24, 2.45) is 0 Å². The van der Waals surface area contributed by atoms with Gasteiger partial charge in [0.2, 0.25) is 0 Å². The van der Waals surface area contributed by atoms with Crippen LogP contribution in [-0.4, -0.2) is 124 Å². The number of hydrogen-bond acceptors (Lipinski definition) is 18. The molecule has 0 spiro atoms. The van der Waals surface area contributed by atoms with Gasteiger partial charge in [-0.15, -0.1) is 0 Å². The molecule has 346 valence electrons. The number of amides is 1. The van der Waals surface area contributed by atoms with E-state index in [2.05, 4.69) is 49.1 Å². The fraction of sp³-hybridized carbons (Fsp3) is 0.462. The highest BCUT2D eigenvalue weighted by molar-refractivity contribution is 7.91. The molecule has 2 aromatic heterocycles. The molecule has 6 rings (SSSR count). The second-order valence-electron chi connectivity index (χ2n) is 15.3. The van der Waals surface area contributed by atoms with Crippen molar-refractivity contribution >= 4 is 45.7 Å². The Balaban J connectivity index is 0.000000225. The summed E-state index contributed by atoms with van der Waals surface area (Å²) in [7, 11) is -8.68. The molecule has 5 N–H and O–H groups in total. The summed E-state index contributed by atoms with van der Waals surface area (Å²) in [6.07, 6.45) is -0.548. The van der Waals surface area contributed by atoms with E-state index in [1.165, 1.54) is 41.1 Å². The van der Waals surface area contributed by atoms with Crippen LogP contribution in [0.5, 0.6) is 0 Å². The average molecular weight is 939 g/mol. The third-order valence-corrected chi connectivity index (χ3v) is 17.6. The monoisotopic (exact) mass is 938 g/mol. The number of rotatable bonds is 14. The molecular weight excluding hydrogens is 885 g/mol. The predicted octanol–water partition coefficient (Wildman–Crippen LogP) is 2.30. The molecule has 2 aliphatic rings. The summed E-state index contributed by atoms with van der Waals surface area (Å²) in [6.45, 7) is 10.6. The molecule has 4 aromatic rings. The number of anilines is 2. The summed E-state index contributed by atoms with van der Waals surface area (Å²) < 4.78 is 82.0. The van der Waals surface area contributed by atoms with Crippen LogP contribution in [-0.2, 0) is 47.8 Å². The van der Waals surface area contributed by atoms with Gasteiger partial charge in [-0.05, 0) is 54.5 Å². The van der Waals surface area contributed by atoms with Crippen molar-refractivity contribution < 1.29 is 60.0 Å². The fourth-order valence-electron chi connectivity index (χ4n) is 5.20. The Morgan fingerprint density at radius 2 is 1.32 bits per heavy atom. The van der Waals surface area contributed by atoms with Crippen molar-refractivity contribution in [1.82, 2.24) is 19.1 Å². The zero-order valence-electron chi connectivity index (χ0n) is 35.4. The number of nitrogens with zero attached hydrogens (tertiary/aromatic N) is 4. The molecule has 2 fully saturated rings. The van der Waals surface area contributed by atoms with Crippen molar-refractivity contribution in [1.29, 1.82) is 0 Å². The number of benzene rings is 2. The highest BCUT2D eigenvalue weighted by Crippen LogP contribution is 2.37. The van der Waals surface area contributed by atoms with Crippen molar-refractivity contribution in [2.45, 2.75) is 73.7 Å². The summed E-state index contributed by atoms with van der Waals surface area (Å²) >= 11 is 0. The molecule has 2 aromatic carbocycles. The molecule has 0 saturated carbocycles. The van der Waals surface area contributed by atoms with Crippen LogP contribution in [0.1, 0.15) is 33.2 Å². The molecule has 4 atom stereocenters. The van der Waals surface area contributed by atoms with E-state index in [1.54, 1.807) is 48.7 Å². The van der Waals surface area contributed by atoms with Crippen molar-refractivity contribution in [3.63, 3.8) is 0 Å². The first kappa shape index (κ1) is 50.7. The second kappa shape index (κ2) is 22.6. The SMILES string of the molecule is CC(C)(C)[Si](C)(C)OC[C@H]1OC[C@@H](n2ccc(N)nc2=O)O1.O=C(Nc1ccn([C@@H]2CO[C@H](CO)O2)c(=O)n1)OCCS(=O)(=O)c1ccccc1.O=S(=O)(CCO)c1ccccc1. The number of nitrogens with two attached hydrogens (primary N) is 1. The van der Waals surface area contributed by atoms with Crippen LogP contribution in [0, 0.1) is 0 Å². The number of nitrogen functional groups attached to an aromatic ring is 1. The lowest BCUT2D eigenvalue weighted by molar-refractivity contribution is -0.0992. The Morgan fingerprint density at radius 3 is 1.81 bits per heavy atom. The van der Waals surface area contributed by atoms with E-state index in [0.29, 0.717) is 6.61 Å². The van der Waals surface area contributed by atoms with Gasteiger partial charge in [0.15, 0.2) is 53.0 Å². The van der Waals surface area contributed by atoms with E-state index < -0.39 is 70.5 Å². The largest absolute Gasteiger partial charge is 0.448 e. The molecule has 4 heterocycles. The fourth-order valence-corrected chi connectivity index (χ4v) is 8.34. The van der Waals surface area contributed by atoms with E-state index in [-0.39, 0.29) is 71.0 Å². The van der Waals surface area contributed by atoms with Crippen LogP contribution in [0.4, 0.5) is 16.4 Å². The van der Waals surface area contributed by atoms with E-state index in [0.717, 1.165) is 4.57 Å². The number of aliphatic hydroxyl groups excluding tert-OH is 2. The first-order valence-electron chi connectivity index (χ1n) is 19.5. The molecule has 2 saturated heterocycles. The smallest absolute Gasteiger partial charge is 0.412 e. The van der Waals surface area contributed by atoms with Crippen LogP contribution >= 0.6 is 0 Å². The lowest BCUT2D eigenvalue weighted by Gasteiger charge is -2.36. The maximum Gasteiger partial charge on any atom is 0.412 e. The topological polar surface area (TPSA) is 289 Å². The summed E-state index contributed by atoms with van der Waals surface area (Å²) in [5.74, 6) is -0.473. The average Bonchev–Trinajstić information content (AvgIpc) is 3.91. The first-order valence-corrected chi connectivity index (χ1v) is 25.7. The van der Waals surface area contributed by atoms with Crippen molar-refractivity contribution in [3.05, 3.63) is 106 Å². The minimum Gasteiger partial charge on any atom is -0.448 e. The van der Waals surface area contributed by atoms with Gasteiger partial charge in [0, 0.05) is 12.4 Å². The Bertz CT molecular complexity index is 2440. The zero-order valence-corrected chi connectivity index (χ0v) is 38.1. The van der Waals surface area contributed by atoms with Crippen LogP contribution in [0.2, 0.25) is 18.1 Å². The highest BCUT2D eigenvalue weighted by atomic mass is 32.2. The Labute approximate surface area is 365 Å². The number of carbonyl (C=O) groups excluding carboxylic acids is 1. The number of ether oxygens (including phenoxy) is 5. The summed E-state index contributed by atoms with van der Waals surface area (Å²) in [5, 5.41) is 19.8. The highest BCUT2D eigenvalue weighted by Gasteiger charge is 2.39. The van der Waals surface area contributed by atoms with Gasteiger partial charge in [-0.1, -0.05) is 57.2 Å². The Kier molecular flexibility index (Phi) is 18.2. The number of aliphatic hydroxyl groups is 2. The lowest BCUT2D eigenvalue weighted by Crippen LogP contribution is -2.42. The van der Waals surface area contributed by atoms with Gasteiger partial charge in [-0.3, -0.25) is 14.5 Å².